The second-order valence-corrected chi connectivity index (χ2v) is 3.14. The molecule has 16 heavy (non-hydrogen) atoms. The molecule has 86 valence electrons. The minimum atomic E-state index is -0.368. The molecular weight excluding hydrogens is 206 g/mol. The van der Waals surface area contributed by atoms with Gasteiger partial charge in [0.05, 0.1) is 12.2 Å². The fourth-order valence-corrected chi connectivity index (χ4v) is 1.17. The van der Waals surface area contributed by atoms with Crippen LogP contribution in [0.5, 0.6) is 0 Å². The van der Waals surface area contributed by atoms with E-state index in [1.807, 2.05) is 12.2 Å². The lowest BCUT2D eigenvalue weighted by Gasteiger charge is -2.01. The predicted molar refractivity (Wildman–Crippen MR) is 60.9 cm³/mol. The molecule has 0 fully saturated rings. The fraction of sp³-hybridized carbons (Fsp3) is 0.333. The zero-order valence-corrected chi connectivity index (χ0v) is 9.22. The zero-order valence-electron chi connectivity index (χ0n) is 9.22. The minimum absolute atomic E-state index is 0.113. The van der Waals surface area contributed by atoms with Crippen LogP contribution < -0.4 is 0 Å². The van der Waals surface area contributed by atoms with Crippen LogP contribution in [0.4, 0.5) is 0 Å². The Morgan fingerprint density at radius 1 is 1.56 bits per heavy atom. The molecule has 1 heterocycles. The molecule has 1 aromatic heterocycles. The number of aromatic nitrogens is 1. The Kier molecular flexibility index (Phi) is 5.22. The van der Waals surface area contributed by atoms with Crippen LogP contribution in [0.2, 0.25) is 0 Å². The monoisotopic (exact) mass is 221 g/mol. The third kappa shape index (κ3) is 3.82. The van der Waals surface area contributed by atoms with E-state index in [1.54, 1.807) is 19.2 Å². The molecule has 0 saturated heterocycles. The van der Waals surface area contributed by atoms with E-state index in [-0.39, 0.29) is 12.6 Å². The lowest BCUT2D eigenvalue weighted by atomic mass is 10.2. The Bertz CT molecular complexity index is 374. The van der Waals surface area contributed by atoms with E-state index < -0.39 is 0 Å². The highest BCUT2D eigenvalue weighted by Crippen LogP contribution is 2.06. The van der Waals surface area contributed by atoms with Crippen LogP contribution in [0.1, 0.15) is 29.3 Å². The van der Waals surface area contributed by atoms with E-state index in [1.165, 1.54) is 6.20 Å². The van der Waals surface area contributed by atoms with Crippen LogP contribution in [-0.4, -0.2) is 29.3 Å². The summed E-state index contributed by atoms with van der Waals surface area (Å²) < 4.78 is 4.87. The first kappa shape index (κ1) is 12.4. The summed E-state index contributed by atoms with van der Waals surface area (Å²) in [6.07, 6.45) is 7.35. The largest absolute Gasteiger partial charge is 0.462 e. The fourth-order valence-electron chi connectivity index (χ4n) is 1.17. The standard InChI is InChI=1S/C12H15NO3/c1-2-16-12(15)11-7-10(8-13-9-11)5-3-4-6-14/h3,5,7-9,14H,2,4,6H2,1H3. The van der Waals surface area contributed by atoms with Gasteiger partial charge in [-0.3, -0.25) is 4.98 Å². The number of pyridine rings is 1. The Hall–Kier alpha value is -1.68. The van der Waals surface area contributed by atoms with Crippen molar-refractivity contribution in [1.82, 2.24) is 4.98 Å². The van der Waals surface area contributed by atoms with Gasteiger partial charge in [0.1, 0.15) is 0 Å². The number of hydrogen-bond donors (Lipinski definition) is 1. The van der Waals surface area contributed by atoms with Gasteiger partial charge < -0.3 is 9.84 Å². The number of aliphatic hydroxyl groups is 1. The van der Waals surface area contributed by atoms with Gasteiger partial charge in [0.2, 0.25) is 0 Å². The van der Waals surface area contributed by atoms with Crippen molar-refractivity contribution in [3.05, 3.63) is 35.7 Å². The van der Waals surface area contributed by atoms with E-state index >= 15 is 0 Å². The van der Waals surface area contributed by atoms with Crippen LogP contribution in [-0.2, 0) is 4.74 Å². The molecule has 0 aliphatic carbocycles. The summed E-state index contributed by atoms with van der Waals surface area (Å²) in [5.74, 6) is -0.368. The van der Waals surface area contributed by atoms with Crippen molar-refractivity contribution in [3.63, 3.8) is 0 Å². The van der Waals surface area contributed by atoms with Crippen molar-refractivity contribution in [2.45, 2.75) is 13.3 Å². The van der Waals surface area contributed by atoms with Crippen LogP contribution in [0.25, 0.3) is 6.08 Å². The van der Waals surface area contributed by atoms with E-state index in [9.17, 15) is 4.79 Å². The molecule has 1 aromatic rings. The van der Waals surface area contributed by atoms with Crippen LogP contribution >= 0.6 is 0 Å². The third-order valence-electron chi connectivity index (χ3n) is 1.88. The average Bonchev–Trinajstić information content (AvgIpc) is 2.30. The molecule has 0 atom stereocenters. The molecule has 0 radical (unpaired) electrons. The first-order valence-corrected chi connectivity index (χ1v) is 5.17. The summed E-state index contributed by atoms with van der Waals surface area (Å²) in [7, 11) is 0. The van der Waals surface area contributed by atoms with Crippen molar-refractivity contribution >= 4 is 12.0 Å². The molecular formula is C12H15NO3. The molecule has 0 amide bonds. The molecule has 1 rings (SSSR count). The highest BCUT2D eigenvalue weighted by molar-refractivity contribution is 5.89. The molecule has 4 nitrogen and oxygen atoms in total. The van der Waals surface area contributed by atoms with Gasteiger partial charge in [0, 0.05) is 19.0 Å². The molecule has 0 saturated carbocycles. The Labute approximate surface area is 94.6 Å². The van der Waals surface area contributed by atoms with Crippen molar-refractivity contribution in [2.75, 3.05) is 13.2 Å². The van der Waals surface area contributed by atoms with Gasteiger partial charge in [-0.1, -0.05) is 12.2 Å². The Balaban J connectivity index is 2.74. The lowest BCUT2D eigenvalue weighted by molar-refractivity contribution is 0.0526. The summed E-state index contributed by atoms with van der Waals surface area (Å²) in [5, 5.41) is 8.62. The maximum atomic E-state index is 11.4. The van der Waals surface area contributed by atoms with Crippen LogP contribution in [0.15, 0.2) is 24.5 Å². The SMILES string of the molecule is CCOC(=O)c1cncc(C=CCCO)c1. The van der Waals surface area contributed by atoms with Gasteiger partial charge in [-0.15, -0.1) is 0 Å². The van der Waals surface area contributed by atoms with Gasteiger partial charge in [-0.25, -0.2) is 4.79 Å². The van der Waals surface area contributed by atoms with Crippen LogP contribution in [0, 0.1) is 0 Å². The molecule has 0 spiro atoms. The minimum Gasteiger partial charge on any atom is -0.462 e. The number of carbonyl (C=O) groups excluding carboxylic acids is 1. The molecule has 0 unspecified atom stereocenters. The molecule has 0 aliphatic heterocycles. The van der Waals surface area contributed by atoms with Crippen LogP contribution in [0.3, 0.4) is 0 Å². The topological polar surface area (TPSA) is 59.4 Å². The summed E-state index contributed by atoms with van der Waals surface area (Å²) >= 11 is 0. The van der Waals surface area contributed by atoms with E-state index in [4.69, 9.17) is 9.84 Å². The zero-order chi connectivity index (χ0) is 11.8. The maximum absolute atomic E-state index is 11.4. The number of carbonyl (C=O) groups is 1. The van der Waals surface area contributed by atoms with Gasteiger partial charge >= 0.3 is 5.97 Å². The summed E-state index contributed by atoms with van der Waals surface area (Å²) in [6, 6.07) is 1.71. The lowest BCUT2D eigenvalue weighted by Crippen LogP contribution is -2.05. The number of aliphatic hydroxyl groups excluding tert-OH is 1. The number of nitrogens with zero attached hydrogens (tertiary/aromatic N) is 1. The Morgan fingerprint density at radius 2 is 2.38 bits per heavy atom. The summed E-state index contributed by atoms with van der Waals surface area (Å²) in [6.45, 7) is 2.22. The first-order valence-electron chi connectivity index (χ1n) is 5.17. The summed E-state index contributed by atoms with van der Waals surface area (Å²) in [4.78, 5) is 15.4. The third-order valence-corrected chi connectivity index (χ3v) is 1.88. The second-order valence-electron chi connectivity index (χ2n) is 3.14. The smallest absolute Gasteiger partial charge is 0.339 e. The number of ether oxygens (including phenoxy) is 1. The second kappa shape index (κ2) is 6.74. The van der Waals surface area contributed by atoms with Crippen molar-refractivity contribution < 1.29 is 14.6 Å². The van der Waals surface area contributed by atoms with Crippen molar-refractivity contribution in [1.29, 1.82) is 0 Å². The van der Waals surface area contributed by atoms with Gasteiger partial charge in [-0.2, -0.15) is 0 Å². The van der Waals surface area contributed by atoms with Gasteiger partial charge in [0.25, 0.3) is 0 Å². The van der Waals surface area contributed by atoms with Gasteiger partial charge in [0.15, 0.2) is 0 Å². The average molecular weight is 221 g/mol. The maximum Gasteiger partial charge on any atom is 0.339 e. The van der Waals surface area contributed by atoms with Crippen molar-refractivity contribution in [2.24, 2.45) is 0 Å². The normalized spacial score (nSPS) is 10.6. The number of esters is 1. The highest BCUT2D eigenvalue weighted by atomic mass is 16.5. The predicted octanol–water partition coefficient (Wildman–Crippen LogP) is 1.65. The van der Waals surface area contributed by atoms with Gasteiger partial charge in [-0.05, 0) is 25.0 Å². The van der Waals surface area contributed by atoms with E-state index in [0.29, 0.717) is 18.6 Å². The summed E-state index contributed by atoms with van der Waals surface area (Å²) in [5.41, 5.74) is 1.26. The number of hydrogen-bond acceptors (Lipinski definition) is 4. The molecule has 4 heteroatoms. The molecule has 0 aromatic carbocycles. The van der Waals surface area contributed by atoms with E-state index in [0.717, 1.165) is 5.56 Å². The molecule has 0 aliphatic rings. The number of rotatable bonds is 5. The van der Waals surface area contributed by atoms with Crippen molar-refractivity contribution in [3.8, 4) is 0 Å². The van der Waals surface area contributed by atoms with E-state index in [2.05, 4.69) is 4.98 Å². The Morgan fingerprint density at radius 3 is 3.06 bits per heavy atom. The first-order chi connectivity index (χ1) is 7.77. The molecule has 1 N–H and O–H groups in total. The highest BCUT2D eigenvalue weighted by Gasteiger charge is 2.06. The molecule has 0 bridgehead atoms. The quantitative estimate of drug-likeness (QED) is 0.768.